The summed E-state index contributed by atoms with van der Waals surface area (Å²) in [4.78, 5) is 26.3. The zero-order valence-electron chi connectivity index (χ0n) is 18.3. The quantitative estimate of drug-likeness (QED) is 0.641. The van der Waals surface area contributed by atoms with E-state index in [-0.39, 0.29) is 23.4 Å². The van der Waals surface area contributed by atoms with Crippen LogP contribution in [0.15, 0.2) is 60.4 Å². The molecule has 2 aromatic heterocycles. The van der Waals surface area contributed by atoms with Crippen molar-refractivity contribution in [2.75, 3.05) is 0 Å². The Labute approximate surface area is 192 Å². The van der Waals surface area contributed by atoms with E-state index in [1.807, 2.05) is 18.3 Å². The molecule has 2 aliphatic heterocycles. The number of thiazole rings is 1. The highest BCUT2D eigenvalue weighted by Gasteiger charge is 2.60. The largest absolute Gasteiger partial charge is 0.330 e. The van der Waals surface area contributed by atoms with Gasteiger partial charge in [-0.15, -0.1) is 11.3 Å². The molecule has 3 fully saturated rings. The summed E-state index contributed by atoms with van der Waals surface area (Å²) in [7, 11) is 0. The van der Waals surface area contributed by atoms with Crippen molar-refractivity contribution in [1.29, 1.82) is 0 Å². The van der Waals surface area contributed by atoms with E-state index in [9.17, 15) is 4.79 Å². The first-order valence-corrected chi connectivity index (χ1v) is 12.5. The zero-order chi connectivity index (χ0) is 21.7. The van der Waals surface area contributed by atoms with Crippen LogP contribution in [0.1, 0.15) is 48.5 Å². The molecule has 32 heavy (non-hydrogen) atoms. The van der Waals surface area contributed by atoms with Gasteiger partial charge in [0.2, 0.25) is 0 Å². The van der Waals surface area contributed by atoms with Gasteiger partial charge in [0, 0.05) is 35.9 Å². The molecule has 3 aliphatic rings. The molecule has 1 N–H and O–H groups in total. The smallest absolute Gasteiger partial charge is 0.256 e. The number of benzene rings is 1. The number of nitrogens with one attached hydrogen (secondary N) is 1. The van der Waals surface area contributed by atoms with Crippen molar-refractivity contribution >= 4 is 17.2 Å². The number of likely N-dealkylation sites (tertiary alicyclic amines) is 1. The van der Waals surface area contributed by atoms with E-state index in [1.54, 1.807) is 11.7 Å². The van der Waals surface area contributed by atoms with E-state index < -0.39 is 0 Å². The van der Waals surface area contributed by atoms with Crippen molar-refractivity contribution in [3.63, 3.8) is 0 Å². The van der Waals surface area contributed by atoms with Gasteiger partial charge in [0.15, 0.2) is 0 Å². The van der Waals surface area contributed by atoms with Gasteiger partial charge in [-0.1, -0.05) is 37.3 Å². The Hall–Kier alpha value is -2.57. The Bertz CT molecular complexity index is 1120. The summed E-state index contributed by atoms with van der Waals surface area (Å²) in [5.41, 5.74) is 4.67. The van der Waals surface area contributed by atoms with Crippen molar-refractivity contribution in [2.24, 2.45) is 5.41 Å². The molecule has 0 spiro atoms. The normalized spacial score (nSPS) is 31.0. The van der Waals surface area contributed by atoms with Crippen LogP contribution in [0.4, 0.5) is 0 Å². The molecular formula is C26H28N4OS. The van der Waals surface area contributed by atoms with Crippen molar-refractivity contribution in [2.45, 2.75) is 63.2 Å². The molecule has 164 valence electrons. The first-order chi connectivity index (χ1) is 15.6. The number of amides is 1. The molecule has 1 aliphatic carbocycles. The number of fused-ring (bicyclic) bond motifs is 1. The molecule has 5 nitrogen and oxygen atoms in total. The van der Waals surface area contributed by atoms with Crippen molar-refractivity contribution < 1.29 is 4.79 Å². The molecule has 2 bridgehead atoms. The maximum absolute atomic E-state index is 14.3. The number of piperidine rings is 1. The minimum Gasteiger partial charge on any atom is -0.330 e. The Morgan fingerprint density at radius 3 is 2.91 bits per heavy atom. The van der Waals surface area contributed by atoms with Crippen LogP contribution in [-0.4, -0.2) is 44.9 Å². The Morgan fingerprint density at radius 1 is 1.22 bits per heavy atom. The third-order valence-corrected chi connectivity index (χ3v) is 8.77. The summed E-state index contributed by atoms with van der Waals surface area (Å²) in [5, 5.41) is 3.96. The van der Waals surface area contributed by atoms with E-state index in [1.165, 1.54) is 29.7 Å². The van der Waals surface area contributed by atoms with Gasteiger partial charge in [0.1, 0.15) is 0 Å². The molecule has 2 saturated heterocycles. The van der Waals surface area contributed by atoms with Crippen LogP contribution >= 0.6 is 11.3 Å². The lowest BCUT2D eigenvalue weighted by atomic mass is 9.64. The summed E-state index contributed by atoms with van der Waals surface area (Å²) in [6.07, 6.45) is 9.06. The van der Waals surface area contributed by atoms with E-state index in [0.717, 1.165) is 29.8 Å². The first-order valence-electron chi connectivity index (χ1n) is 11.6. The average Bonchev–Trinajstić information content (AvgIpc) is 3.47. The predicted molar refractivity (Wildman–Crippen MR) is 127 cm³/mol. The van der Waals surface area contributed by atoms with Crippen LogP contribution in [0.25, 0.3) is 10.6 Å². The lowest BCUT2D eigenvalue weighted by Crippen LogP contribution is -2.62. The lowest BCUT2D eigenvalue weighted by molar-refractivity contribution is -0.0111. The Kier molecular flexibility index (Phi) is 4.88. The molecular weight excluding hydrogens is 416 g/mol. The molecule has 0 unspecified atom stereocenters. The number of pyridine rings is 1. The highest BCUT2D eigenvalue weighted by atomic mass is 32.1. The van der Waals surface area contributed by atoms with Crippen LogP contribution < -0.4 is 5.32 Å². The molecule has 1 saturated carbocycles. The molecule has 1 aromatic carbocycles. The standard InChI is InChI=1S/C26H28N4OS/c1-26-14-19-20(13-17-7-3-2-4-8-17)30(23(26)11-5-10-22(26)29-19)25(31)18-9-6-12-28-24(18)21-15-27-16-32-21/h2-4,6-9,12,15-16,19-20,22-23,29H,5,10-11,13-14H2,1H3/t19-,20-,22-,23+,26-/m0/s1. The summed E-state index contributed by atoms with van der Waals surface area (Å²) < 4.78 is 0. The molecule has 3 aromatic rings. The maximum atomic E-state index is 14.3. The number of hydrogen-bond donors (Lipinski definition) is 1. The average molecular weight is 445 g/mol. The highest BCUT2D eigenvalue weighted by Crippen LogP contribution is 2.52. The van der Waals surface area contributed by atoms with Crippen LogP contribution in [0.3, 0.4) is 0 Å². The Balaban J connectivity index is 1.44. The predicted octanol–water partition coefficient (Wildman–Crippen LogP) is 4.56. The summed E-state index contributed by atoms with van der Waals surface area (Å²) in [6, 6.07) is 15.7. The van der Waals surface area contributed by atoms with E-state index in [2.05, 4.69) is 57.4 Å². The maximum Gasteiger partial charge on any atom is 0.256 e. The second-order valence-electron chi connectivity index (χ2n) is 9.72. The molecule has 5 atom stereocenters. The van der Waals surface area contributed by atoms with Crippen molar-refractivity contribution in [1.82, 2.24) is 20.2 Å². The molecule has 1 amide bonds. The minimum absolute atomic E-state index is 0.118. The molecule has 6 heteroatoms. The fourth-order valence-electron chi connectivity index (χ4n) is 6.51. The fourth-order valence-corrected chi connectivity index (χ4v) is 7.14. The number of aromatic nitrogens is 2. The number of carbonyl (C=O) groups is 1. The monoisotopic (exact) mass is 444 g/mol. The number of nitrogens with zero attached hydrogens (tertiary/aromatic N) is 3. The number of rotatable bonds is 4. The van der Waals surface area contributed by atoms with Gasteiger partial charge >= 0.3 is 0 Å². The number of carbonyl (C=O) groups excluding carboxylic acids is 1. The summed E-state index contributed by atoms with van der Waals surface area (Å²) in [5.74, 6) is 0.118. The van der Waals surface area contributed by atoms with E-state index in [0.29, 0.717) is 17.6 Å². The number of hydrogen-bond acceptors (Lipinski definition) is 5. The van der Waals surface area contributed by atoms with Crippen LogP contribution in [0, 0.1) is 5.41 Å². The molecule has 6 rings (SSSR count). The SMILES string of the molecule is C[C@]12C[C@@H]3N[C@H]1CCC[C@H]2N(C(=O)c1cccnc1-c1cncs1)[C@H]3Cc1ccccc1. The second-order valence-corrected chi connectivity index (χ2v) is 10.6. The Morgan fingerprint density at radius 2 is 2.09 bits per heavy atom. The summed E-state index contributed by atoms with van der Waals surface area (Å²) in [6.45, 7) is 2.40. The first kappa shape index (κ1) is 20.1. The van der Waals surface area contributed by atoms with Crippen LogP contribution in [-0.2, 0) is 6.42 Å². The van der Waals surface area contributed by atoms with E-state index >= 15 is 0 Å². The van der Waals surface area contributed by atoms with Gasteiger partial charge < -0.3 is 10.2 Å². The highest BCUT2D eigenvalue weighted by molar-refractivity contribution is 7.13. The fraction of sp³-hybridized carbons (Fsp3) is 0.423. The van der Waals surface area contributed by atoms with Gasteiger partial charge in [0.25, 0.3) is 5.91 Å². The van der Waals surface area contributed by atoms with E-state index in [4.69, 9.17) is 0 Å². The van der Waals surface area contributed by atoms with Gasteiger partial charge in [-0.3, -0.25) is 14.8 Å². The molecule has 0 radical (unpaired) electrons. The second kappa shape index (κ2) is 7.78. The van der Waals surface area contributed by atoms with Gasteiger partial charge in [0.05, 0.1) is 27.7 Å². The zero-order valence-corrected chi connectivity index (χ0v) is 19.1. The third kappa shape index (κ3) is 3.11. The van der Waals surface area contributed by atoms with Crippen LogP contribution in [0.5, 0.6) is 0 Å². The van der Waals surface area contributed by atoms with Gasteiger partial charge in [-0.05, 0) is 49.8 Å². The van der Waals surface area contributed by atoms with Crippen molar-refractivity contribution in [3.05, 3.63) is 71.5 Å². The topological polar surface area (TPSA) is 58.1 Å². The van der Waals surface area contributed by atoms with Gasteiger partial charge in [-0.2, -0.15) is 0 Å². The third-order valence-electron chi connectivity index (χ3n) is 7.99. The van der Waals surface area contributed by atoms with Crippen molar-refractivity contribution in [3.8, 4) is 10.6 Å². The minimum atomic E-state index is 0.118. The lowest BCUT2D eigenvalue weighted by Gasteiger charge is -2.53. The summed E-state index contributed by atoms with van der Waals surface area (Å²) >= 11 is 1.53. The molecule has 4 heterocycles. The van der Waals surface area contributed by atoms with Crippen LogP contribution in [0.2, 0.25) is 0 Å². The van der Waals surface area contributed by atoms with Gasteiger partial charge in [-0.25, -0.2) is 0 Å².